The standard InChI is InChI=1S/C20H23N3O3/c1-13-6-8-14(9-7-13)10-18(22-17-5-3-2-4-16(17)21)19(24)23-11-15(12-23)20(25)26/h2-9,15,18,22H,10-12,21H2,1H3,(H,25,26)/t18-/m0/s1. The van der Waals surface area contributed by atoms with Gasteiger partial charge in [-0.05, 0) is 24.6 Å². The summed E-state index contributed by atoms with van der Waals surface area (Å²) in [5, 5.41) is 12.3. The molecule has 6 nitrogen and oxygen atoms in total. The maximum Gasteiger partial charge on any atom is 0.310 e. The van der Waals surface area contributed by atoms with Crippen LogP contribution in [0.2, 0.25) is 0 Å². The van der Waals surface area contributed by atoms with E-state index in [-0.39, 0.29) is 19.0 Å². The molecule has 1 fully saturated rings. The molecule has 6 heteroatoms. The van der Waals surface area contributed by atoms with Crippen molar-refractivity contribution in [1.29, 1.82) is 0 Å². The molecule has 0 aromatic heterocycles. The Kier molecular flexibility index (Phi) is 5.11. The number of rotatable bonds is 6. The number of carbonyl (C=O) groups is 2. The highest BCUT2D eigenvalue weighted by atomic mass is 16.4. The first-order valence-corrected chi connectivity index (χ1v) is 8.62. The number of likely N-dealkylation sites (tertiary alicyclic amines) is 1. The summed E-state index contributed by atoms with van der Waals surface area (Å²) in [5.74, 6) is -1.43. The third-order valence-corrected chi connectivity index (χ3v) is 4.69. The number of aliphatic carboxylic acids is 1. The Morgan fingerprint density at radius 3 is 2.46 bits per heavy atom. The molecule has 2 aromatic rings. The van der Waals surface area contributed by atoms with Gasteiger partial charge < -0.3 is 21.1 Å². The molecule has 0 bridgehead atoms. The minimum atomic E-state index is -0.857. The topological polar surface area (TPSA) is 95.7 Å². The van der Waals surface area contributed by atoms with E-state index in [4.69, 9.17) is 10.8 Å². The number of nitrogen functional groups attached to an aromatic ring is 1. The lowest BCUT2D eigenvalue weighted by Crippen LogP contribution is -2.57. The van der Waals surface area contributed by atoms with Gasteiger partial charge in [-0.3, -0.25) is 9.59 Å². The highest BCUT2D eigenvalue weighted by Crippen LogP contribution is 2.23. The highest BCUT2D eigenvalue weighted by molar-refractivity contribution is 5.88. The molecular weight excluding hydrogens is 330 g/mol. The minimum Gasteiger partial charge on any atom is -0.481 e. The van der Waals surface area contributed by atoms with Crippen LogP contribution in [0.5, 0.6) is 0 Å². The number of nitrogens with two attached hydrogens (primary N) is 1. The van der Waals surface area contributed by atoms with Crippen molar-refractivity contribution in [1.82, 2.24) is 4.90 Å². The average molecular weight is 353 g/mol. The molecule has 2 aromatic carbocycles. The number of amides is 1. The van der Waals surface area contributed by atoms with Gasteiger partial charge in [-0.2, -0.15) is 0 Å². The molecule has 1 amide bonds. The van der Waals surface area contributed by atoms with Crippen LogP contribution in [0.3, 0.4) is 0 Å². The van der Waals surface area contributed by atoms with Gasteiger partial charge in [-0.15, -0.1) is 0 Å². The third-order valence-electron chi connectivity index (χ3n) is 4.69. The zero-order chi connectivity index (χ0) is 18.7. The first-order chi connectivity index (χ1) is 12.4. The summed E-state index contributed by atoms with van der Waals surface area (Å²) in [6, 6.07) is 14.8. The van der Waals surface area contributed by atoms with Crippen LogP contribution >= 0.6 is 0 Å². The lowest BCUT2D eigenvalue weighted by Gasteiger charge is -2.39. The lowest BCUT2D eigenvalue weighted by molar-refractivity contribution is -0.153. The average Bonchev–Trinajstić information content (AvgIpc) is 2.56. The van der Waals surface area contributed by atoms with Gasteiger partial charge in [0.25, 0.3) is 0 Å². The summed E-state index contributed by atoms with van der Waals surface area (Å²) < 4.78 is 0. The zero-order valence-corrected chi connectivity index (χ0v) is 14.7. The second kappa shape index (κ2) is 7.47. The summed E-state index contributed by atoms with van der Waals surface area (Å²) in [5.41, 5.74) is 9.46. The van der Waals surface area contributed by atoms with Crippen molar-refractivity contribution in [2.75, 3.05) is 24.1 Å². The van der Waals surface area contributed by atoms with Crippen LogP contribution in [0.4, 0.5) is 11.4 Å². The number of nitrogens with zero attached hydrogens (tertiary/aromatic N) is 1. The Labute approximate surface area is 152 Å². The van der Waals surface area contributed by atoms with E-state index in [0.717, 1.165) is 11.1 Å². The smallest absolute Gasteiger partial charge is 0.310 e. The van der Waals surface area contributed by atoms with E-state index in [1.54, 1.807) is 11.0 Å². The summed E-state index contributed by atoms with van der Waals surface area (Å²) in [4.78, 5) is 25.5. The van der Waals surface area contributed by atoms with Gasteiger partial charge in [0.2, 0.25) is 5.91 Å². The van der Waals surface area contributed by atoms with Crippen LogP contribution < -0.4 is 11.1 Å². The van der Waals surface area contributed by atoms with Crippen molar-refractivity contribution in [2.24, 2.45) is 5.92 Å². The number of nitrogens with one attached hydrogen (secondary N) is 1. The Hall–Kier alpha value is -3.02. The number of carboxylic acids is 1. The van der Waals surface area contributed by atoms with E-state index in [1.165, 1.54) is 0 Å². The number of aryl methyl sites for hydroxylation is 1. The van der Waals surface area contributed by atoms with Gasteiger partial charge in [0, 0.05) is 19.5 Å². The molecule has 1 aliphatic heterocycles. The predicted molar refractivity (Wildman–Crippen MR) is 101 cm³/mol. The SMILES string of the molecule is Cc1ccc(C[C@H](Nc2ccccc2N)C(=O)N2CC(C(=O)O)C2)cc1. The van der Waals surface area contributed by atoms with Crippen LogP contribution in [0.1, 0.15) is 11.1 Å². The third kappa shape index (κ3) is 3.96. The summed E-state index contributed by atoms with van der Waals surface area (Å²) >= 11 is 0. The van der Waals surface area contributed by atoms with Gasteiger partial charge >= 0.3 is 5.97 Å². The van der Waals surface area contributed by atoms with Crippen LogP contribution in [-0.4, -0.2) is 41.0 Å². The quantitative estimate of drug-likeness (QED) is 0.692. The molecule has 0 spiro atoms. The van der Waals surface area contributed by atoms with Crippen LogP contribution in [-0.2, 0) is 16.0 Å². The molecular formula is C20H23N3O3. The molecule has 1 saturated heterocycles. The van der Waals surface area contributed by atoms with Crippen molar-refractivity contribution >= 4 is 23.3 Å². The van der Waals surface area contributed by atoms with Crippen molar-refractivity contribution in [3.8, 4) is 0 Å². The summed E-state index contributed by atoms with van der Waals surface area (Å²) in [6.07, 6.45) is 0.502. The number of hydrogen-bond donors (Lipinski definition) is 3. The minimum absolute atomic E-state index is 0.105. The first-order valence-electron chi connectivity index (χ1n) is 8.62. The van der Waals surface area contributed by atoms with E-state index in [0.29, 0.717) is 17.8 Å². The highest BCUT2D eigenvalue weighted by Gasteiger charge is 2.38. The molecule has 4 N–H and O–H groups in total. The van der Waals surface area contributed by atoms with Gasteiger partial charge in [-0.1, -0.05) is 42.0 Å². The van der Waals surface area contributed by atoms with Gasteiger partial charge in [-0.25, -0.2) is 0 Å². The summed E-state index contributed by atoms with van der Waals surface area (Å²) in [6.45, 7) is 2.52. The molecule has 1 heterocycles. The number of hydrogen-bond acceptors (Lipinski definition) is 4. The molecule has 1 atom stereocenters. The lowest BCUT2D eigenvalue weighted by atomic mass is 9.97. The van der Waals surface area contributed by atoms with Crippen molar-refractivity contribution < 1.29 is 14.7 Å². The normalized spacial score (nSPS) is 15.2. The van der Waals surface area contributed by atoms with Crippen LogP contribution in [0.15, 0.2) is 48.5 Å². The Morgan fingerprint density at radius 2 is 1.85 bits per heavy atom. The Morgan fingerprint density at radius 1 is 1.19 bits per heavy atom. The van der Waals surface area contributed by atoms with Gasteiger partial charge in [0.05, 0.1) is 17.3 Å². The molecule has 1 aliphatic rings. The van der Waals surface area contributed by atoms with Crippen molar-refractivity contribution in [3.05, 3.63) is 59.7 Å². The number of benzene rings is 2. The van der Waals surface area contributed by atoms with E-state index in [1.807, 2.05) is 49.4 Å². The maximum atomic E-state index is 12.9. The fourth-order valence-corrected chi connectivity index (χ4v) is 3.01. The number of anilines is 2. The van der Waals surface area contributed by atoms with E-state index < -0.39 is 17.9 Å². The van der Waals surface area contributed by atoms with Gasteiger partial charge in [0.1, 0.15) is 6.04 Å². The fraction of sp³-hybridized carbons (Fsp3) is 0.300. The Bertz CT molecular complexity index is 798. The molecule has 26 heavy (non-hydrogen) atoms. The van der Waals surface area contributed by atoms with E-state index in [9.17, 15) is 9.59 Å². The van der Waals surface area contributed by atoms with Crippen LogP contribution in [0.25, 0.3) is 0 Å². The molecule has 0 radical (unpaired) electrons. The molecule has 3 rings (SSSR count). The number of carbonyl (C=O) groups excluding carboxylic acids is 1. The zero-order valence-electron chi connectivity index (χ0n) is 14.7. The molecule has 0 saturated carbocycles. The van der Waals surface area contributed by atoms with Gasteiger partial charge in [0.15, 0.2) is 0 Å². The van der Waals surface area contributed by atoms with Crippen molar-refractivity contribution in [2.45, 2.75) is 19.4 Å². The number of para-hydroxylation sites is 2. The largest absolute Gasteiger partial charge is 0.481 e. The Balaban J connectivity index is 1.77. The van der Waals surface area contributed by atoms with Crippen molar-refractivity contribution in [3.63, 3.8) is 0 Å². The summed E-state index contributed by atoms with van der Waals surface area (Å²) in [7, 11) is 0. The van der Waals surface area contributed by atoms with Crippen LogP contribution in [0, 0.1) is 12.8 Å². The fourth-order valence-electron chi connectivity index (χ4n) is 3.01. The van der Waals surface area contributed by atoms with E-state index in [2.05, 4.69) is 5.32 Å². The maximum absolute atomic E-state index is 12.9. The predicted octanol–water partition coefficient (Wildman–Crippen LogP) is 2.14. The second-order valence-electron chi connectivity index (χ2n) is 6.75. The molecule has 136 valence electrons. The molecule has 0 aliphatic carbocycles. The van der Waals surface area contributed by atoms with E-state index >= 15 is 0 Å². The molecule has 0 unspecified atom stereocenters. The second-order valence-corrected chi connectivity index (χ2v) is 6.75. The number of carboxylic acid groups (broad SMARTS) is 1. The monoisotopic (exact) mass is 353 g/mol. The first kappa shape index (κ1) is 17.8.